The monoisotopic (exact) mass is 445 g/mol. The molecular weight excluding hydrogens is 412 g/mol. The molecular formula is C25H33O7-. The Balaban J connectivity index is 1.84. The molecule has 4 aliphatic rings. The van der Waals surface area contributed by atoms with Gasteiger partial charge in [0.15, 0.2) is 5.78 Å². The lowest BCUT2D eigenvalue weighted by atomic mass is 9.46. The van der Waals surface area contributed by atoms with Crippen LogP contribution in [0.3, 0.4) is 0 Å². The van der Waals surface area contributed by atoms with Gasteiger partial charge in [-0.3, -0.25) is 9.59 Å². The molecule has 4 aliphatic carbocycles. The second-order valence-electron chi connectivity index (χ2n) is 10.8. The van der Waals surface area contributed by atoms with Gasteiger partial charge in [0, 0.05) is 22.7 Å². The van der Waals surface area contributed by atoms with Crippen LogP contribution in [0.2, 0.25) is 0 Å². The van der Waals surface area contributed by atoms with E-state index in [4.69, 9.17) is 0 Å². The van der Waals surface area contributed by atoms with Gasteiger partial charge in [-0.25, -0.2) is 0 Å². The molecule has 3 saturated carbocycles. The molecule has 3 fully saturated rings. The highest BCUT2D eigenvalue weighted by molar-refractivity contribution is 5.99. The smallest absolute Gasteiger partial charge is 0.190 e. The molecule has 3 N–H and O–H groups in total. The van der Waals surface area contributed by atoms with Gasteiger partial charge in [-0.05, 0) is 50.9 Å². The molecule has 0 bridgehead atoms. The summed E-state index contributed by atoms with van der Waals surface area (Å²) in [6.45, 7) is 3.98. The van der Waals surface area contributed by atoms with E-state index in [1.807, 2.05) is 0 Å². The summed E-state index contributed by atoms with van der Waals surface area (Å²) in [7, 11) is 0. The molecule has 0 aromatic rings. The molecule has 0 aromatic heterocycles. The Hall–Kier alpha value is -1.83. The van der Waals surface area contributed by atoms with Crippen molar-refractivity contribution in [2.75, 3.05) is 6.61 Å². The van der Waals surface area contributed by atoms with E-state index in [0.717, 1.165) is 26.2 Å². The number of ketones is 2. The van der Waals surface area contributed by atoms with E-state index in [-0.39, 0.29) is 36.0 Å². The van der Waals surface area contributed by atoms with E-state index in [0.29, 0.717) is 0 Å². The van der Waals surface area contributed by atoms with Crippen molar-refractivity contribution in [3.05, 3.63) is 23.8 Å². The van der Waals surface area contributed by atoms with Crippen molar-refractivity contribution < 1.29 is 34.8 Å². The Morgan fingerprint density at radius 1 is 1.28 bits per heavy atom. The first kappa shape index (κ1) is 23.3. The summed E-state index contributed by atoms with van der Waals surface area (Å²) in [5, 5.41) is 44.9. The van der Waals surface area contributed by atoms with Crippen molar-refractivity contribution in [2.45, 2.75) is 64.6 Å². The lowest BCUT2D eigenvalue weighted by molar-refractivity contribution is -0.313. The molecule has 0 amide bonds. The standard InChI is InChI=1S/C25H34O7/c1-13(27)20(22(30)31)17-10-16-15-8-7-14-6-4-5-9-23(14,2)21(15)18(28)11-24(16,3)25(17,32)19(29)12-26/h5-6,9,15-18,20-21,26,28,32H,4,7-8,10-12H2,1-3H3,(H,30,31)/p-1/t15-,16-,17+,18-,20?,21+,23-,24-,25+/m0/s1. The Morgan fingerprint density at radius 2 is 1.97 bits per heavy atom. The zero-order valence-corrected chi connectivity index (χ0v) is 18.9. The maximum Gasteiger partial charge on any atom is 0.190 e. The average Bonchev–Trinajstić information content (AvgIpc) is 2.94. The molecule has 0 aromatic carbocycles. The number of hydrogen-bond acceptors (Lipinski definition) is 7. The van der Waals surface area contributed by atoms with E-state index >= 15 is 0 Å². The largest absolute Gasteiger partial charge is 0.549 e. The van der Waals surface area contributed by atoms with Gasteiger partial charge < -0.3 is 25.2 Å². The summed E-state index contributed by atoms with van der Waals surface area (Å²) in [5.74, 6) is -6.55. The number of fused-ring (bicyclic) bond motifs is 5. The van der Waals surface area contributed by atoms with Crippen molar-refractivity contribution >= 4 is 17.5 Å². The quantitative estimate of drug-likeness (QED) is 0.416. The van der Waals surface area contributed by atoms with Gasteiger partial charge in [0.1, 0.15) is 18.0 Å². The topological polar surface area (TPSA) is 135 Å². The molecule has 4 rings (SSSR count). The molecule has 7 nitrogen and oxygen atoms in total. The molecule has 0 aliphatic heterocycles. The molecule has 0 radical (unpaired) electrons. The fraction of sp³-hybridized carbons (Fsp3) is 0.720. The number of carboxylic acid groups (broad SMARTS) is 1. The molecule has 176 valence electrons. The zero-order valence-electron chi connectivity index (χ0n) is 18.9. The number of carbonyl (C=O) groups is 3. The summed E-state index contributed by atoms with van der Waals surface area (Å²) < 4.78 is 0. The van der Waals surface area contributed by atoms with Gasteiger partial charge in [-0.15, -0.1) is 0 Å². The number of Topliss-reactive ketones (excluding diaryl/α,β-unsaturated/α-hetero) is 2. The summed E-state index contributed by atoms with van der Waals surface area (Å²) in [6, 6.07) is 0. The van der Waals surface area contributed by atoms with Crippen LogP contribution in [0.15, 0.2) is 23.8 Å². The van der Waals surface area contributed by atoms with Crippen LogP contribution in [0.5, 0.6) is 0 Å². The lowest BCUT2D eigenvalue weighted by Gasteiger charge is -2.59. The zero-order chi connectivity index (χ0) is 23.6. The first-order valence-electron chi connectivity index (χ1n) is 11.6. The highest BCUT2D eigenvalue weighted by Gasteiger charge is 2.72. The van der Waals surface area contributed by atoms with Crippen molar-refractivity contribution in [1.29, 1.82) is 0 Å². The summed E-state index contributed by atoms with van der Waals surface area (Å²) >= 11 is 0. The predicted octanol–water partition coefficient (Wildman–Crippen LogP) is 0.560. The van der Waals surface area contributed by atoms with E-state index < -0.39 is 53.1 Å². The first-order valence-corrected chi connectivity index (χ1v) is 11.6. The second-order valence-corrected chi connectivity index (χ2v) is 10.8. The SMILES string of the molecule is CC(=O)C(C(=O)[O-])[C@H]1C[C@H]2[C@@H]3CCC4=CCC=C[C@]4(C)[C@H]3[C@@H](O)C[C@]2(C)[C@]1(O)C(=O)CO. The minimum absolute atomic E-state index is 0.0639. The molecule has 32 heavy (non-hydrogen) atoms. The molecule has 7 heteroatoms. The van der Waals surface area contributed by atoms with Gasteiger partial charge in [0.2, 0.25) is 0 Å². The molecule has 0 spiro atoms. The maximum absolute atomic E-state index is 13.0. The minimum Gasteiger partial charge on any atom is -0.549 e. The van der Waals surface area contributed by atoms with Crippen LogP contribution in [-0.4, -0.2) is 51.2 Å². The van der Waals surface area contributed by atoms with E-state index in [2.05, 4.69) is 25.2 Å². The number of carbonyl (C=O) groups excluding carboxylic acids is 3. The third-order valence-corrected chi connectivity index (χ3v) is 9.52. The lowest BCUT2D eigenvalue weighted by Crippen LogP contribution is -2.64. The van der Waals surface area contributed by atoms with E-state index in [1.165, 1.54) is 5.57 Å². The maximum atomic E-state index is 13.0. The fourth-order valence-corrected chi connectivity index (χ4v) is 8.19. The van der Waals surface area contributed by atoms with Gasteiger partial charge in [0.25, 0.3) is 0 Å². The molecule has 1 unspecified atom stereocenters. The Kier molecular flexibility index (Phi) is 5.55. The Bertz CT molecular complexity index is 892. The highest BCUT2D eigenvalue weighted by atomic mass is 16.4. The van der Waals surface area contributed by atoms with Crippen LogP contribution in [0.25, 0.3) is 0 Å². The van der Waals surface area contributed by atoms with Crippen LogP contribution in [0.4, 0.5) is 0 Å². The number of allylic oxidation sites excluding steroid dienone is 4. The van der Waals surface area contributed by atoms with Gasteiger partial charge >= 0.3 is 0 Å². The third kappa shape index (κ3) is 2.87. The molecule has 9 atom stereocenters. The van der Waals surface area contributed by atoms with Gasteiger partial charge in [-0.2, -0.15) is 0 Å². The van der Waals surface area contributed by atoms with Gasteiger partial charge in [0.05, 0.1) is 18.0 Å². The average molecular weight is 446 g/mol. The minimum atomic E-state index is -2.24. The van der Waals surface area contributed by atoms with Crippen LogP contribution in [0.1, 0.15) is 52.9 Å². The van der Waals surface area contributed by atoms with Crippen molar-refractivity contribution in [3.8, 4) is 0 Å². The molecule has 0 heterocycles. The summed E-state index contributed by atoms with van der Waals surface area (Å²) in [4.78, 5) is 37.2. The number of aliphatic hydroxyl groups excluding tert-OH is 2. The third-order valence-electron chi connectivity index (χ3n) is 9.52. The number of aliphatic carboxylic acids is 1. The molecule has 0 saturated heterocycles. The number of aliphatic hydroxyl groups is 3. The van der Waals surface area contributed by atoms with Crippen molar-refractivity contribution in [3.63, 3.8) is 0 Å². The predicted molar refractivity (Wildman–Crippen MR) is 113 cm³/mol. The normalized spacial score (nSPS) is 45.8. The summed E-state index contributed by atoms with van der Waals surface area (Å²) in [5.41, 5.74) is -2.46. The number of hydrogen-bond donors (Lipinski definition) is 3. The van der Waals surface area contributed by atoms with E-state index in [9.17, 15) is 34.8 Å². The Morgan fingerprint density at radius 3 is 2.56 bits per heavy atom. The number of carboxylic acids is 1. The fourth-order valence-electron chi connectivity index (χ4n) is 8.19. The number of rotatable bonds is 5. The summed E-state index contributed by atoms with van der Waals surface area (Å²) in [6.07, 6.45) is 8.32. The van der Waals surface area contributed by atoms with Crippen LogP contribution in [-0.2, 0) is 14.4 Å². The van der Waals surface area contributed by atoms with Crippen molar-refractivity contribution in [2.24, 2.45) is 40.4 Å². The van der Waals surface area contributed by atoms with Crippen LogP contribution < -0.4 is 5.11 Å². The first-order chi connectivity index (χ1) is 14.9. The van der Waals surface area contributed by atoms with Gasteiger partial charge in [-0.1, -0.05) is 37.6 Å². The highest BCUT2D eigenvalue weighted by Crippen LogP contribution is 2.69. The van der Waals surface area contributed by atoms with E-state index in [1.54, 1.807) is 6.92 Å². The van der Waals surface area contributed by atoms with Crippen LogP contribution >= 0.6 is 0 Å². The van der Waals surface area contributed by atoms with Crippen LogP contribution in [0, 0.1) is 40.4 Å². The Labute approximate surface area is 188 Å². The second kappa shape index (κ2) is 7.61. The van der Waals surface area contributed by atoms with Crippen molar-refractivity contribution in [1.82, 2.24) is 0 Å².